The minimum atomic E-state index is -0.476. The molecule has 0 aromatic carbocycles. The summed E-state index contributed by atoms with van der Waals surface area (Å²) in [6, 6.07) is 6.43. The van der Waals surface area contributed by atoms with E-state index in [0.717, 1.165) is 5.69 Å². The van der Waals surface area contributed by atoms with Crippen molar-refractivity contribution in [3.05, 3.63) is 68.1 Å². The predicted octanol–water partition coefficient (Wildman–Crippen LogP) is 2.28. The van der Waals surface area contributed by atoms with E-state index in [1.807, 2.05) is 18.4 Å². The van der Waals surface area contributed by atoms with Gasteiger partial charge in [-0.2, -0.15) is 0 Å². The maximum absolute atomic E-state index is 13.1. The zero-order valence-electron chi connectivity index (χ0n) is 17.2. The third kappa shape index (κ3) is 3.72. The second-order valence-corrected chi connectivity index (χ2v) is 7.48. The van der Waals surface area contributed by atoms with Gasteiger partial charge in [0, 0.05) is 37.5 Å². The smallest absolute Gasteiger partial charge is 0.339 e. The van der Waals surface area contributed by atoms with Crippen molar-refractivity contribution in [3.8, 4) is 5.75 Å². The van der Waals surface area contributed by atoms with E-state index in [9.17, 15) is 14.4 Å². The van der Waals surface area contributed by atoms with Crippen LogP contribution in [0, 0.1) is 13.8 Å². The number of amides is 1. The first-order valence-electron chi connectivity index (χ1n) is 9.94. The highest BCUT2D eigenvalue weighted by atomic mass is 16.5. The van der Waals surface area contributed by atoms with Crippen LogP contribution in [0.25, 0.3) is 11.0 Å². The molecule has 1 amide bonds. The van der Waals surface area contributed by atoms with Gasteiger partial charge in [-0.3, -0.25) is 9.59 Å². The normalized spacial score (nSPS) is 16.2. The van der Waals surface area contributed by atoms with E-state index in [4.69, 9.17) is 9.15 Å². The number of aryl methyl sites for hydroxylation is 3. The van der Waals surface area contributed by atoms with Crippen LogP contribution in [0.4, 0.5) is 0 Å². The number of aromatic nitrogens is 2. The summed E-state index contributed by atoms with van der Waals surface area (Å²) >= 11 is 0. The molecule has 0 spiro atoms. The molecule has 4 heterocycles. The fourth-order valence-corrected chi connectivity index (χ4v) is 3.77. The molecule has 1 atom stereocenters. The van der Waals surface area contributed by atoms with Crippen LogP contribution in [0.2, 0.25) is 0 Å². The lowest BCUT2D eigenvalue weighted by atomic mass is 10.1. The van der Waals surface area contributed by atoms with E-state index >= 15 is 0 Å². The SMILES string of the molecule is CCn1cc(C(=O)N2CCC(Oc3cc(C)oc(=O)c3)C2)c(=O)c2ccc(C)nc21. The fourth-order valence-electron chi connectivity index (χ4n) is 3.77. The summed E-state index contributed by atoms with van der Waals surface area (Å²) in [5, 5.41) is 0.437. The van der Waals surface area contributed by atoms with Crippen molar-refractivity contribution in [2.24, 2.45) is 0 Å². The number of nitrogens with zero attached hydrogens (tertiary/aromatic N) is 3. The van der Waals surface area contributed by atoms with Gasteiger partial charge in [0.2, 0.25) is 5.43 Å². The quantitative estimate of drug-likeness (QED) is 0.656. The third-order valence-corrected chi connectivity index (χ3v) is 5.23. The minimum absolute atomic E-state index is 0.131. The molecule has 1 aliphatic rings. The molecule has 1 saturated heterocycles. The Balaban J connectivity index is 1.58. The van der Waals surface area contributed by atoms with Crippen LogP contribution in [-0.4, -0.2) is 39.6 Å². The Morgan fingerprint density at radius 2 is 2.07 bits per heavy atom. The molecular formula is C22H23N3O5. The molecule has 0 radical (unpaired) electrons. The van der Waals surface area contributed by atoms with Crippen LogP contribution >= 0.6 is 0 Å². The Labute approximate surface area is 172 Å². The van der Waals surface area contributed by atoms with Gasteiger partial charge in [0.05, 0.1) is 18.0 Å². The molecule has 8 nitrogen and oxygen atoms in total. The second-order valence-electron chi connectivity index (χ2n) is 7.48. The van der Waals surface area contributed by atoms with Crippen molar-refractivity contribution in [1.82, 2.24) is 14.5 Å². The molecule has 30 heavy (non-hydrogen) atoms. The van der Waals surface area contributed by atoms with Gasteiger partial charge in [-0.25, -0.2) is 9.78 Å². The van der Waals surface area contributed by atoms with Gasteiger partial charge in [0.15, 0.2) is 0 Å². The summed E-state index contributed by atoms with van der Waals surface area (Å²) in [6.45, 7) is 6.89. The molecule has 156 valence electrons. The van der Waals surface area contributed by atoms with Crippen LogP contribution in [0.3, 0.4) is 0 Å². The number of rotatable bonds is 4. The minimum Gasteiger partial charge on any atom is -0.488 e. The van der Waals surface area contributed by atoms with Crippen molar-refractivity contribution in [2.75, 3.05) is 13.1 Å². The lowest BCUT2D eigenvalue weighted by Gasteiger charge is -2.18. The average Bonchev–Trinajstić information content (AvgIpc) is 3.15. The van der Waals surface area contributed by atoms with Crippen molar-refractivity contribution in [1.29, 1.82) is 0 Å². The first-order chi connectivity index (χ1) is 14.4. The number of carbonyl (C=O) groups excluding carboxylic acids is 1. The second kappa shape index (κ2) is 7.78. The maximum atomic E-state index is 13.1. The molecule has 0 saturated carbocycles. The van der Waals surface area contributed by atoms with E-state index < -0.39 is 5.63 Å². The number of carbonyl (C=O) groups is 1. The molecule has 1 unspecified atom stereocenters. The Morgan fingerprint density at radius 3 is 2.80 bits per heavy atom. The molecule has 0 aliphatic carbocycles. The Hall–Kier alpha value is -3.42. The lowest BCUT2D eigenvalue weighted by Crippen LogP contribution is -2.34. The molecule has 3 aromatic heterocycles. The standard InChI is InChI=1S/C22H23N3O5/c1-4-24-12-18(20(27)17-6-5-13(2)23-21(17)24)22(28)25-8-7-15(11-25)30-16-9-14(3)29-19(26)10-16/h5-6,9-10,12,15H,4,7-8,11H2,1-3H3. The summed E-state index contributed by atoms with van der Waals surface area (Å²) in [5.41, 5.74) is 0.739. The van der Waals surface area contributed by atoms with Crippen LogP contribution in [0.1, 0.15) is 35.2 Å². The number of hydrogen-bond donors (Lipinski definition) is 0. The zero-order valence-corrected chi connectivity index (χ0v) is 17.2. The number of pyridine rings is 2. The average molecular weight is 409 g/mol. The summed E-state index contributed by atoms with van der Waals surface area (Å²) in [6.07, 6.45) is 1.95. The van der Waals surface area contributed by atoms with Crippen molar-refractivity contribution >= 4 is 16.9 Å². The van der Waals surface area contributed by atoms with E-state index in [0.29, 0.717) is 48.6 Å². The highest BCUT2D eigenvalue weighted by Gasteiger charge is 2.30. The number of likely N-dealkylation sites (tertiary alicyclic amines) is 1. The monoisotopic (exact) mass is 409 g/mol. The summed E-state index contributed by atoms with van der Waals surface area (Å²) in [5.74, 6) is 0.562. The van der Waals surface area contributed by atoms with Gasteiger partial charge in [0.25, 0.3) is 5.91 Å². The molecule has 0 bridgehead atoms. The van der Waals surface area contributed by atoms with Gasteiger partial charge >= 0.3 is 5.63 Å². The van der Waals surface area contributed by atoms with E-state index in [1.54, 1.807) is 36.2 Å². The van der Waals surface area contributed by atoms with Gasteiger partial charge in [-0.1, -0.05) is 0 Å². The number of ether oxygens (including phenoxy) is 1. The molecule has 1 aliphatic heterocycles. The first kappa shape index (κ1) is 19.9. The van der Waals surface area contributed by atoms with Gasteiger partial charge in [-0.05, 0) is 32.9 Å². The Morgan fingerprint density at radius 1 is 1.27 bits per heavy atom. The number of hydrogen-bond acceptors (Lipinski definition) is 6. The Kier molecular flexibility index (Phi) is 5.15. The number of fused-ring (bicyclic) bond motifs is 1. The maximum Gasteiger partial charge on any atom is 0.339 e. The largest absolute Gasteiger partial charge is 0.488 e. The topological polar surface area (TPSA) is 94.6 Å². The Bertz CT molecular complexity index is 1240. The van der Waals surface area contributed by atoms with Gasteiger partial charge in [0.1, 0.15) is 28.8 Å². The summed E-state index contributed by atoms with van der Waals surface area (Å²) < 4.78 is 12.6. The molecule has 1 fully saturated rings. The third-order valence-electron chi connectivity index (χ3n) is 5.23. The molecule has 3 aromatic rings. The van der Waals surface area contributed by atoms with E-state index in [1.165, 1.54) is 6.07 Å². The summed E-state index contributed by atoms with van der Waals surface area (Å²) in [7, 11) is 0. The zero-order chi connectivity index (χ0) is 21.4. The van der Waals surface area contributed by atoms with Crippen LogP contribution in [0.5, 0.6) is 5.75 Å². The fraction of sp³-hybridized carbons (Fsp3) is 0.364. The lowest BCUT2D eigenvalue weighted by molar-refractivity contribution is 0.0770. The van der Waals surface area contributed by atoms with Crippen molar-refractivity contribution in [2.45, 2.75) is 39.8 Å². The van der Waals surface area contributed by atoms with Crippen LogP contribution in [-0.2, 0) is 6.54 Å². The molecule has 4 rings (SSSR count). The van der Waals surface area contributed by atoms with Crippen molar-refractivity contribution < 1.29 is 13.9 Å². The van der Waals surface area contributed by atoms with E-state index in [2.05, 4.69) is 4.98 Å². The molecule has 0 N–H and O–H groups in total. The first-order valence-corrected chi connectivity index (χ1v) is 9.94. The molecular weight excluding hydrogens is 386 g/mol. The highest BCUT2D eigenvalue weighted by molar-refractivity contribution is 5.97. The van der Waals surface area contributed by atoms with Gasteiger partial charge < -0.3 is 18.6 Å². The van der Waals surface area contributed by atoms with Crippen LogP contribution < -0.4 is 15.8 Å². The highest BCUT2D eigenvalue weighted by Crippen LogP contribution is 2.20. The van der Waals surface area contributed by atoms with Gasteiger partial charge in [-0.15, -0.1) is 0 Å². The van der Waals surface area contributed by atoms with Crippen LogP contribution in [0.15, 0.2) is 44.5 Å². The summed E-state index contributed by atoms with van der Waals surface area (Å²) in [4.78, 5) is 43.7. The van der Waals surface area contributed by atoms with Crippen molar-refractivity contribution in [3.63, 3.8) is 0 Å². The van der Waals surface area contributed by atoms with E-state index in [-0.39, 0.29) is 23.0 Å². The molecule has 8 heteroatoms. The predicted molar refractivity (Wildman–Crippen MR) is 111 cm³/mol.